The van der Waals surface area contributed by atoms with Gasteiger partial charge in [-0.1, -0.05) is 65.7 Å². The highest BCUT2D eigenvalue weighted by molar-refractivity contribution is 6.30. The molecule has 7 nitrogen and oxygen atoms in total. The third kappa shape index (κ3) is 4.31. The molecule has 0 atom stereocenters. The minimum absolute atomic E-state index is 0.0685. The number of fused-ring (bicyclic) bond motifs is 1. The van der Waals surface area contributed by atoms with Gasteiger partial charge in [-0.25, -0.2) is 0 Å². The van der Waals surface area contributed by atoms with E-state index in [1.54, 1.807) is 84.9 Å². The van der Waals surface area contributed by atoms with E-state index in [1.807, 2.05) is 6.07 Å². The van der Waals surface area contributed by atoms with Crippen LogP contribution in [0.5, 0.6) is 0 Å². The van der Waals surface area contributed by atoms with Crippen molar-refractivity contribution in [2.24, 2.45) is 5.10 Å². The molecule has 0 bridgehead atoms. The first-order valence-electron chi connectivity index (χ1n) is 10.7. The molecule has 0 N–H and O–H groups in total. The molecule has 5 aromatic rings. The van der Waals surface area contributed by atoms with Gasteiger partial charge in [-0.3, -0.25) is 9.59 Å². The van der Waals surface area contributed by atoms with Crippen LogP contribution in [0, 0.1) is 11.3 Å². The van der Waals surface area contributed by atoms with Gasteiger partial charge in [0.2, 0.25) is 0 Å². The molecule has 0 aliphatic rings. The summed E-state index contributed by atoms with van der Waals surface area (Å²) in [7, 11) is 0. The van der Waals surface area contributed by atoms with E-state index in [9.17, 15) is 14.9 Å². The van der Waals surface area contributed by atoms with Crippen LogP contribution in [0.15, 0.2) is 99.6 Å². The van der Waals surface area contributed by atoms with Gasteiger partial charge in [0.05, 0.1) is 17.6 Å². The van der Waals surface area contributed by atoms with Crippen molar-refractivity contribution in [2.75, 3.05) is 0 Å². The van der Waals surface area contributed by atoms with Crippen molar-refractivity contribution in [2.45, 2.75) is 0 Å². The van der Waals surface area contributed by atoms with E-state index >= 15 is 0 Å². The van der Waals surface area contributed by atoms with E-state index in [1.165, 1.54) is 10.9 Å². The molecule has 9 heteroatoms. The quantitative estimate of drug-likeness (QED) is 0.307. The van der Waals surface area contributed by atoms with Crippen LogP contribution < -0.4 is 11.1 Å². The van der Waals surface area contributed by atoms with E-state index in [4.69, 9.17) is 23.2 Å². The summed E-state index contributed by atoms with van der Waals surface area (Å²) in [5, 5.41) is 19.9. The predicted molar refractivity (Wildman–Crippen MR) is 141 cm³/mol. The van der Waals surface area contributed by atoms with Crippen LogP contribution in [0.1, 0.15) is 11.1 Å². The first kappa shape index (κ1) is 23.2. The maximum absolute atomic E-state index is 13.7. The van der Waals surface area contributed by atoms with Crippen molar-refractivity contribution < 1.29 is 0 Å². The van der Waals surface area contributed by atoms with Crippen LogP contribution in [-0.2, 0) is 0 Å². The van der Waals surface area contributed by atoms with Crippen molar-refractivity contribution in [1.29, 1.82) is 5.26 Å². The van der Waals surface area contributed by atoms with Gasteiger partial charge in [0.25, 0.3) is 11.1 Å². The molecule has 36 heavy (non-hydrogen) atoms. The molecule has 0 amide bonds. The lowest BCUT2D eigenvalue weighted by Gasteiger charge is -2.13. The zero-order valence-electron chi connectivity index (χ0n) is 18.5. The Balaban J connectivity index is 1.83. The molecule has 2 aromatic heterocycles. The summed E-state index contributed by atoms with van der Waals surface area (Å²) in [6, 6.07) is 25.9. The van der Waals surface area contributed by atoms with E-state index in [2.05, 4.69) is 10.2 Å². The first-order chi connectivity index (χ1) is 17.5. The van der Waals surface area contributed by atoms with Crippen LogP contribution in [0.3, 0.4) is 0 Å². The number of hydrogen-bond donors (Lipinski definition) is 0. The highest BCUT2D eigenvalue weighted by Crippen LogP contribution is 2.24. The molecule has 2 heterocycles. The average molecular weight is 512 g/mol. The van der Waals surface area contributed by atoms with Crippen LogP contribution in [0.4, 0.5) is 0 Å². The molecule has 0 aliphatic heterocycles. The largest absolute Gasteiger partial charge is 0.299 e. The van der Waals surface area contributed by atoms with Crippen molar-refractivity contribution in [3.63, 3.8) is 0 Å². The average Bonchev–Trinajstić information content (AvgIpc) is 2.90. The van der Waals surface area contributed by atoms with Crippen molar-refractivity contribution >= 4 is 40.3 Å². The number of hydrogen-bond acceptors (Lipinski definition) is 5. The molecule has 0 radical (unpaired) electrons. The number of nitrogens with zero attached hydrogens (tertiary/aromatic N) is 5. The number of nitriles is 1. The zero-order valence-corrected chi connectivity index (χ0v) is 20.0. The Morgan fingerprint density at radius 2 is 1.50 bits per heavy atom. The molecule has 0 aliphatic carbocycles. The summed E-state index contributed by atoms with van der Waals surface area (Å²) in [6.07, 6.45) is 1.52. The summed E-state index contributed by atoms with van der Waals surface area (Å²) < 4.78 is 2.24. The molecule has 0 spiro atoms. The third-order valence-electron chi connectivity index (χ3n) is 5.48. The molecule has 174 valence electrons. The predicted octanol–water partition coefficient (Wildman–Crippen LogP) is 5.28. The monoisotopic (exact) mass is 511 g/mol. The summed E-state index contributed by atoms with van der Waals surface area (Å²) in [5.41, 5.74) is 0.647. The van der Waals surface area contributed by atoms with Gasteiger partial charge in [0, 0.05) is 21.0 Å². The van der Waals surface area contributed by atoms with Gasteiger partial charge in [-0.05, 0) is 48.0 Å². The molecule has 0 saturated heterocycles. The SMILES string of the molecule is N#Cc1c(=O)n(-c2ccccc2)nc2c(=O)n(/N=C/c3ccc(Cl)cc3)c(-c3ccc(Cl)cc3)cc12. The van der Waals surface area contributed by atoms with Gasteiger partial charge < -0.3 is 0 Å². The second-order valence-electron chi connectivity index (χ2n) is 7.75. The highest BCUT2D eigenvalue weighted by Gasteiger charge is 2.19. The van der Waals surface area contributed by atoms with E-state index < -0.39 is 11.1 Å². The number of rotatable bonds is 4. The molecule has 3 aromatic carbocycles. The summed E-state index contributed by atoms with van der Waals surface area (Å²) >= 11 is 12.0. The van der Waals surface area contributed by atoms with E-state index in [-0.39, 0.29) is 16.5 Å². The number of benzene rings is 3. The molecule has 0 saturated carbocycles. The fourth-order valence-corrected chi connectivity index (χ4v) is 3.96. The zero-order chi connectivity index (χ0) is 25.2. The minimum Gasteiger partial charge on any atom is -0.266 e. The summed E-state index contributed by atoms with van der Waals surface area (Å²) in [5.74, 6) is 0. The smallest absolute Gasteiger partial charge is 0.266 e. The number of para-hydroxylation sites is 1. The number of halogens is 2. The Hall–Kier alpha value is -4.51. The van der Waals surface area contributed by atoms with Gasteiger partial charge >= 0.3 is 0 Å². The van der Waals surface area contributed by atoms with Gasteiger partial charge in [0.1, 0.15) is 11.6 Å². The molecular weight excluding hydrogens is 497 g/mol. The van der Waals surface area contributed by atoms with Crippen LogP contribution in [-0.4, -0.2) is 20.7 Å². The standard InChI is InChI=1S/C27H15Cl2N5O2/c28-19-10-6-17(7-11-19)16-31-34-24(18-8-12-20(29)13-9-18)14-22-23(15-30)26(35)33(32-25(22)27(34)36)21-4-2-1-3-5-21/h1-14,16H/b31-16+. The maximum atomic E-state index is 13.7. The number of aromatic nitrogens is 3. The lowest BCUT2D eigenvalue weighted by molar-refractivity contribution is 0.802. The van der Waals surface area contributed by atoms with Crippen molar-refractivity contribution in [3.05, 3.63) is 127 Å². The Morgan fingerprint density at radius 1 is 0.861 bits per heavy atom. The topological polar surface area (TPSA) is 93.0 Å². The minimum atomic E-state index is -0.625. The van der Waals surface area contributed by atoms with Crippen molar-refractivity contribution in [1.82, 2.24) is 14.5 Å². The Bertz CT molecular complexity index is 1780. The Labute approximate surface area is 214 Å². The molecule has 5 rings (SSSR count). The normalized spacial score (nSPS) is 11.1. The van der Waals surface area contributed by atoms with Crippen LogP contribution in [0.25, 0.3) is 27.8 Å². The summed E-state index contributed by atoms with van der Waals surface area (Å²) in [6.45, 7) is 0. The van der Waals surface area contributed by atoms with E-state index in [0.29, 0.717) is 32.6 Å². The van der Waals surface area contributed by atoms with Gasteiger partial charge in [-0.15, -0.1) is 0 Å². The summed E-state index contributed by atoms with van der Waals surface area (Å²) in [4.78, 5) is 26.9. The fourth-order valence-electron chi connectivity index (χ4n) is 3.71. The Kier molecular flexibility index (Phi) is 6.21. The molecule has 0 fully saturated rings. The number of pyridine rings is 1. The van der Waals surface area contributed by atoms with Gasteiger partial charge in [0.15, 0.2) is 5.52 Å². The lowest BCUT2D eigenvalue weighted by Crippen LogP contribution is -2.28. The molecule has 0 unspecified atom stereocenters. The maximum Gasteiger partial charge on any atom is 0.299 e. The van der Waals surface area contributed by atoms with Crippen molar-refractivity contribution in [3.8, 4) is 23.0 Å². The second kappa shape index (κ2) is 9.62. The highest BCUT2D eigenvalue weighted by atomic mass is 35.5. The second-order valence-corrected chi connectivity index (χ2v) is 8.62. The lowest BCUT2D eigenvalue weighted by atomic mass is 10.1. The fraction of sp³-hybridized carbons (Fsp3) is 0. The van der Waals surface area contributed by atoms with Crippen LogP contribution >= 0.6 is 23.2 Å². The van der Waals surface area contributed by atoms with Gasteiger partial charge in [-0.2, -0.15) is 24.8 Å². The molecular formula is C27H15Cl2N5O2. The first-order valence-corrected chi connectivity index (χ1v) is 11.5. The third-order valence-corrected chi connectivity index (χ3v) is 5.98. The van der Waals surface area contributed by atoms with Crippen LogP contribution in [0.2, 0.25) is 10.0 Å². The van der Waals surface area contributed by atoms with E-state index in [0.717, 1.165) is 4.68 Å². The Morgan fingerprint density at radius 3 is 2.14 bits per heavy atom.